The molecule has 0 unspecified atom stereocenters. The first-order valence-corrected chi connectivity index (χ1v) is 2.48. The third-order valence-electron chi connectivity index (χ3n) is 0.556. The zero-order valence-electron chi connectivity index (χ0n) is 5.19. The molecule has 0 fully saturated rings. The normalized spacial score (nSPS) is 5.78. The maximum absolute atomic E-state index is 3.25. The maximum atomic E-state index is 3.25. The molecule has 0 aromatic heterocycles. The van der Waals surface area contributed by atoms with Crippen LogP contribution in [-0.4, -0.2) is 0 Å². The third-order valence-corrected chi connectivity index (χ3v) is 0.556. The number of hydrogen-bond donors (Lipinski definition) is 0. The molecule has 1 aromatic carbocycles. The fourth-order valence-electron chi connectivity index (χ4n) is 0.321. The van der Waals surface area contributed by atoms with E-state index < -0.39 is 0 Å². The van der Waals surface area contributed by atoms with Crippen LogP contribution in [0.2, 0.25) is 0 Å². The Labute approximate surface area is 66.9 Å². The molecule has 0 radical (unpaired) electrons. The molecule has 0 heterocycles. The van der Waals surface area contributed by atoms with Gasteiger partial charge in [0.25, 0.3) is 0 Å². The van der Waals surface area contributed by atoms with Gasteiger partial charge in [0.1, 0.15) is 0 Å². The molecule has 0 spiro atoms. The van der Waals surface area contributed by atoms with Crippen molar-refractivity contribution in [2.24, 2.45) is 0 Å². The van der Waals surface area contributed by atoms with Crippen LogP contribution < -0.4 is 0 Å². The van der Waals surface area contributed by atoms with E-state index in [2.05, 4.69) is 13.5 Å². The molecule has 0 saturated heterocycles. The molecule has 0 aliphatic heterocycles. The van der Waals surface area contributed by atoms with Crippen LogP contribution in [-0.2, 0) is 16.5 Å². The molecule has 52 valence electrons. The summed E-state index contributed by atoms with van der Waals surface area (Å²) in [6.45, 7) is 6.50. The molecule has 0 amide bonds. The first kappa shape index (κ1) is 11.3. The fraction of sp³-hybridized carbons (Fsp3) is 0. The Morgan fingerprint density at radius 2 is 1.67 bits per heavy atom. The van der Waals surface area contributed by atoms with E-state index in [4.69, 9.17) is 0 Å². The molecule has 0 N–H and O–H groups in total. The first-order chi connectivity index (χ1) is 3.91. The van der Waals surface area contributed by atoms with E-state index >= 15 is 0 Å². The van der Waals surface area contributed by atoms with Crippen LogP contribution in [0.5, 0.6) is 0 Å². The van der Waals surface area contributed by atoms with Crippen molar-refractivity contribution in [2.45, 2.75) is 0 Å². The minimum atomic E-state index is 0. The average molecular weight is 165 g/mol. The molecular weight excluding hydrogens is 155 g/mol. The summed E-state index contributed by atoms with van der Waals surface area (Å²) in [5.74, 6) is 0. The summed E-state index contributed by atoms with van der Waals surface area (Å²) in [7, 11) is 0. The van der Waals surface area contributed by atoms with Gasteiger partial charge in [0.15, 0.2) is 0 Å². The van der Waals surface area contributed by atoms with Crippen molar-refractivity contribution >= 4 is 0 Å². The zero-order chi connectivity index (χ0) is 6.24. The van der Waals surface area contributed by atoms with Gasteiger partial charge in [-0.15, -0.1) is 0 Å². The SMILES string of the molecule is C=C[CH2-].[Ni+2].c1cc[cH-]c1. The minimum absolute atomic E-state index is 0. The van der Waals surface area contributed by atoms with Crippen molar-refractivity contribution in [3.8, 4) is 0 Å². The molecule has 1 aromatic rings. The zero-order valence-corrected chi connectivity index (χ0v) is 6.18. The smallest absolute Gasteiger partial charge is 0.245 e. The van der Waals surface area contributed by atoms with E-state index in [0.29, 0.717) is 0 Å². The van der Waals surface area contributed by atoms with E-state index in [0.717, 1.165) is 0 Å². The van der Waals surface area contributed by atoms with E-state index in [9.17, 15) is 0 Å². The van der Waals surface area contributed by atoms with Crippen LogP contribution in [0.3, 0.4) is 0 Å². The molecule has 0 aliphatic carbocycles. The summed E-state index contributed by atoms with van der Waals surface area (Å²) >= 11 is 0. The van der Waals surface area contributed by atoms with Gasteiger partial charge in [-0.1, -0.05) is 0 Å². The molecule has 0 nitrogen and oxygen atoms in total. The molecule has 1 heteroatoms. The predicted molar refractivity (Wildman–Crippen MR) is 37.6 cm³/mol. The quantitative estimate of drug-likeness (QED) is 0.408. The second kappa shape index (κ2) is 10.4. The Kier molecular flexibility index (Phi) is 13.1. The third kappa shape index (κ3) is 11.2. The molecule has 1 rings (SSSR count). The van der Waals surface area contributed by atoms with Gasteiger partial charge in [-0.05, 0) is 0 Å². The Hall–Kier alpha value is -0.546. The minimum Gasteiger partial charge on any atom is -0.245 e. The van der Waals surface area contributed by atoms with Crippen molar-refractivity contribution in [1.29, 1.82) is 0 Å². The van der Waals surface area contributed by atoms with Crippen LogP contribution in [0.4, 0.5) is 0 Å². The van der Waals surface area contributed by atoms with E-state index in [1.807, 2.05) is 30.3 Å². The van der Waals surface area contributed by atoms with Crippen molar-refractivity contribution in [3.63, 3.8) is 0 Å². The van der Waals surface area contributed by atoms with Gasteiger partial charge >= 0.3 is 16.5 Å². The van der Waals surface area contributed by atoms with Crippen LogP contribution in [0, 0.1) is 6.92 Å². The largest absolute Gasteiger partial charge is 2.00 e. The summed E-state index contributed by atoms with van der Waals surface area (Å²) in [6, 6.07) is 10.0. The van der Waals surface area contributed by atoms with E-state index in [1.54, 1.807) is 0 Å². The van der Waals surface area contributed by atoms with Gasteiger partial charge in [-0.3, -0.25) is 0 Å². The Morgan fingerprint density at radius 1 is 1.33 bits per heavy atom. The van der Waals surface area contributed by atoms with Crippen LogP contribution >= 0.6 is 0 Å². The summed E-state index contributed by atoms with van der Waals surface area (Å²) < 4.78 is 0. The summed E-state index contributed by atoms with van der Waals surface area (Å²) in [6.07, 6.45) is 1.50. The van der Waals surface area contributed by atoms with Crippen LogP contribution in [0.1, 0.15) is 0 Å². The van der Waals surface area contributed by atoms with Crippen molar-refractivity contribution in [1.82, 2.24) is 0 Å². The Balaban J connectivity index is 0. The Morgan fingerprint density at radius 3 is 1.78 bits per heavy atom. The topological polar surface area (TPSA) is 0 Å². The van der Waals surface area contributed by atoms with E-state index in [-0.39, 0.29) is 16.5 Å². The predicted octanol–water partition coefficient (Wildman–Crippen LogP) is 2.41. The van der Waals surface area contributed by atoms with Gasteiger partial charge in [-0.2, -0.15) is 18.2 Å². The number of allylic oxidation sites excluding steroid dienone is 1. The Bertz CT molecular complexity index is 90.9. The van der Waals surface area contributed by atoms with Crippen LogP contribution in [0.15, 0.2) is 43.0 Å². The molecule has 0 saturated carbocycles. The van der Waals surface area contributed by atoms with Gasteiger partial charge in [0.2, 0.25) is 0 Å². The second-order valence-electron chi connectivity index (χ2n) is 1.25. The summed E-state index contributed by atoms with van der Waals surface area (Å²) in [5.41, 5.74) is 0. The summed E-state index contributed by atoms with van der Waals surface area (Å²) in [4.78, 5) is 0. The first-order valence-electron chi connectivity index (χ1n) is 2.48. The molecule has 0 bridgehead atoms. The van der Waals surface area contributed by atoms with E-state index in [1.165, 1.54) is 6.08 Å². The average Bonchev–Trinajstić information content (AvgIpc) is 2.17. The fourth-order valence-corrected chi connectivity index (χ4v) is 0.321. The monoisotopic (exact) mass is 164 g/mol. The summed E-state index contributed by atoms with van der Waals surface area (Å²) in [5, 5.41) is 0. The van der Waals surface area contributed by atoms with Gasteiger partial charge in [-0.25, -0.2) is 31.7 Å². The molecule has 9 heavy (non-hydrogen) atoms. The molecule has 0 aliphatic rings. The van der Waals surface area contributed by atoms with Gasteiger partial charge in [0.05, 0.1) is 0 Å². The number of rotatable bonds is 0. The van der Waals surface area contributed by atoms with Gasteiger partial charge < -0.3 is 0 Å². The van der Waals surface area contributed by atoms with Crippen molar-refractivity contribution in [2.75, 3.05) is 0 Å². The van der Waals surface area contributed by atoms with Crippen LogP contribution in [0.25, 0.3) is 0 Å². The standard InChI is InChI=1S/C5H5.C3H5.Ni/c1-2-4-5-3-1;1-3-2;/h1-5H;3H,1-2H2;/q2*-1;+2. The molecule has 0 atom stereocenters. The maximum Gasteiger partial charge on any atom is 2.00 e. The van der Waals surface area contributed by atoms with Crippen molar-refractivity contribution < 1.29 is 16.5 Å². The van der Waals surface area contributed by atoms with Gasteiger partial charge in [0, 0.05) is 0 Å². The number of hydrogen-bond acceptors (Lipinski definition) is 0. The second-order valence-corrected chi connectivity index (χ2v) is 1.25. The van der Waals surface area contributed by atoms with Crippen molar-refractivity contribution in [3.05, 3.63) is 49.9 Å². The molecular formula is C8H10Ni.